The average molecular weight is 356 g/mol. The lowest BCUT2D eigenvalue weighted by molar-refractivity contribution is -0.384. The Morgan fingerprint density at radius 2 is 2.00 bits per heavy atom. The molecule has 0 saturated carbocycles. The Kier molecular flexibility index (Phi) is 4.36. The normalized spacial score (nSPS) is 10.1. The first-order chi connectivity index (χ1) is 9.47. The first-order valence-electron chi connectivity index (χ1n) is 5.48. The van der Waals surface area contributed by atoms with Gasteiger partial charge in [-0.05, 0) is 40.2 Å². The summed E-state index contributed by atoms with van der Waals surface area (Å²) in [5.41, 5.74) is 0.623. The maximum absolute atomic E-state index is 12.0. The van der Waals surface area contributed by atoms with Gasteiger partial charge in [0, 0.05) is 27.9 Å². The zero-order valence-electron chi connectivity index (χ0n) is 9.97. The zero-order valence-corrected chi connectivity index (χ0v) is 12.3. The second kappa shape index (κ2) is 6.02. The van der Waals surface area contributed by atoms with Gasteiger partial charge in [-0.2, -0.15) is 0 Å². The first kappa shape index (κ1) is 14.5. The van der Waals surface area contributed by atoms with Crippen molar-refractivity contribution < 1.29 is 9.72 Å². The Labute approximate surface area is 127 Å². The number of nitro groups is 1. The number of non-ortho nitro benzene ring substituents is 1. The average Bonchev–Trinajstić information content (AvgIpc) is 2.43. The van der Waals surface area contributed by atoms with E-state index in [0.717, 1.165) is 0 Å². The fourth-order valence-corrected chi connectivity index (χ4v) is 2.03. The third-order valence-corrected chi connectivity index (χ3v) is 3.71. The Bertz CT molecular complexity index is 691. The van der Waals surface area contributed by atoms with Crippen LogP contribution in [0, 0.1) is 10.1 Å². The molecule has 5 nitrogen and oxygen atoms in total. The molecule has 0 atom stereocenters. The van der Waals surface area contributed by atoms with Crippen LogP contribution in [0.15, 0.2) is 46.9 Å². The smallest absolute Gasteiger partial charge is 0.270 e. The number of nitro benzene ring substituents is 1. The summed E-state index contributed by atoms with van der Waals surface area (Å²) < 4.78 is 0.649. The van der Waals surface area contributed by atoms with Gasteiger partial charge in [0.15, 0.2) is 0 Å². The standard InChI is InChI=1S/C13H8BrClN2O3/c14-11-7-9(4-5-12(11)15)16-13(18)8-2-1-3-10(6-8)17(19)20/h1-7H,(H,16,18). The van der Waals surface area contributed by atoms with Gasteiger partial charge in [-0.25, -0.2) is 0 Å². The van der Waals surface area contributed by atoms with Crippen molar-refractivity contribution in [3.05, 3.63) is 67.6 Å². The van der Waals surface area contributed by atoms with Crippen molar-refractivity contribution in [2.24, 2.45) is 0 Å². The van der Waals surface area contributed by atoms with Crippen molar-refractivity contribution in [1.29, 1.82) is 0 Å². The number of carbonyl (C=O) groups is 1. The molecule has 2 aromatic carbocycles. The van der Waals surface area contributed by atoms with Crippen LogP contribution in [-0.4, -0.2) is 10.8 Å². The van der Waals surface area contributed by atoms with Gasteiger partial charge in [0.05, 0.1) is 9.95 Å². The van der Waals surface area contributed by atoms with Crippen molar-refractivity contribution in [2.75, 3.05) is 5.32 Å². The maximum Gasteiger partial charge on any atom is 0.270 e. The minimum atomic E-state index is -0.546. The lowest BCUT2D eigenvalue weighted by atomic mass is 10.2. The Morgan fingerprint density at radius 1 is 1.25 bits per heavy atom. The van der Waals surface area contributed by atoms with Gasteiger partial charge in [0.1, 0.15) is 0 Å². The van der Waals surface area contributed by atoms with Crippen molar-refractivity contribution in [3.63, 3.8) is 0 Å². The summed E-state index contributed by atoms with van der Waals surface area (Å²) in [6.45, 7) is 0. The number of amides is 1. The Balaban J connectivity index is 2.21. The minimum Gasteiger partial charge on any atom is -0.322 e. The van der Waals surface area contributed by atoms with E-state index in [1.807, 2.05) is 0 Å². The minimum absolute atomic E-state index is 0.130. The summed E-state index contributed by atoms with van der Waals surface area (Å²) in [6, 6.07) is 10.4. The monoisotopic (exact) mass is 354 g/mol. The third-order valence-electron chi connectivity index (χ3n) is 2.50. The summed E-state index contributed by atoms with van der Waals surface area (Å²) in [7, 11) is 0. The fraction of sp³-hybridized carbons (Fsp3) is 0. The molecule has 0 aliphatic heterocycles. The maximum atomic E-state index is 12.0. The molecule has 0 radical (unpaired) electrons. The first-order valence-corrected chi connectivity index (χ1v) is 6.65. The molecule has 0 bridgehead atoms. The van der Waals surface area contributed by atoms with Crippen molar-refractivity contribution in [2.45, 2.75) is 0 Å². The number of hydrogen-bond donors (Lipinski definition) is 1. The van der Waals surface area contributed by atoms with E-state index in [-0.39, 0.29) is 11.3 Å². The summed E-state index contributed by atoms with van der Waals surface area (Å²) in [5, 5.41) is 13.8. The molecule has 7 heteroatoms. The van der Waals surface area contributed by atoms with Gasteiger partial charge < -0.3 is 5.32 Å². The van der Waals surface area contributed by atoms with Gasteiger partial charge >= 0.3 is 0 Å². The van der Waals surface area contributed by atoms with Gasteiger partial charge in [-0.15, -0.1) is 0 Å². The molecule has 0 saturated heterocycles. The van der Waals surface area contributed by atoms with E-state index in [4.69, 9.17) is 11.6 Å². The summed E-state index contributed by atoms with van der Waals surface area (Å²) >= 11 is 9.11. The van der Waals surface area contributed by atoms with E-state index < -0.39 is 10.8 Å². The van der Waals surface area contributed by atoms with Crippen LogP contribution in [0.3, 0.4) is 0 Å². The second-order valence-corrected chi connectivity index (χ2v) is 5.15. The molecule has 0 spiro atoms. The highest BCUT2D eigenvalue weighted by molar-refractivity contribution is 9.10. The molecule has 102 valence electrons. The fourth-order valence-electron chi connectivity index (χ4n) is 1.54. The molecule has 0 aromatic heterocycles. The molecule has 2 rings (SSSR count). The third kappa shape index (κ3) is 3.34. The van der Waals surface area contributed by atoms with Crippen LogP contribution in [0.25, 0.3) is 0 Å². The highest BCUT2D eigenvalue weighted by Crippen LogP contribution is 2.26. The molecule has 0 unspecified atom stereocenters. The predicted octanol–water partition coefficient (Wildman–Crippen LogP) is 4.26. The number of carbonyl (C=O) groups excluding carboxylic acids is 1. The van der Waals surface area contributed by atoms with E-state index >= 15 is 0 Å². The van der Waals surface area contributed by atoms with E-state index in [1.54, 1.807) is 18.2 Å². The number of hydrogen-bond acceptors (Lipinski definition) is 3. The SMILES string of the molecule is O=C(Nc1ccc(Cl)c(Br)c1)c1cccc([N+](=O)[O-])c1. The molecule has 0 aliphatic rings. The highest BCUT2D eigenvalue weighted by atomic mass is 79.9. The molecule has 2 aromatic rings. The molecule has 20 heavy (non-hydrogen) atoms. The van der Waals surface area contributed by atoms with Crippen LogP contribution in [-0.2, 0) is 0 Å². The number of halogens is 2. The summed E-state index contributed by atoms with van der Waals surface area (Å²) in [4.78, 5) is 22.1. The Morgan fingerprint density at radius 3 is 2.65 bits per heavy atom. The number of nitrogens with one attached hydrogen (secondary N) is 1. The van der Waals surface area contributed by atoms with Crippen LogP contribution in [0.1, 0.15) is 10.4 Å². The zero-order chi connectivity index (χ0) is 14.7. The lowest BCUT2D eigenvalue weighted by Crippen LogP contribution is -2.12. The molecule has 1 N–H and O–H groups in total. The van der Waals surface area contributed by atoms with E-state index in [2.05, 4.69) is 21.2 Å². The van der Waals surface area contributed by atoms with Gasteiger partial charge in [-0.1, -0.05) is 17.7 Å². The summed E-state index contributed by atoms with van der Waals surface area (Å²) in [5.74, 6) is -0.428. The molecular weight excluding hydrogens is 348 g/mol. The second-order valence-electron chi connectivity index (χ2n) is 3.89. The van der Waals surface area contributed by atoms with Crippen LogP contribution >= 0.6 is 27.5 Å². The molecule has 1 amide bonds. The summed E-state index contributed by atoms with van der Waals surface area (Å²) in [6.07, 6.45) is 0. The highest BCUT2D eigenvalue weighted by Gasteiger charge is 2.12. The topological polar surface area (TPSA) is 72.2 Å². The quantitative estimate of drug-likeness (QED) is 0.660. The van der Waals surface area contributed by atoms with Crippen molar-refractivity contribution in [1.82, 2.24) is 0 Å². The van der Waals surface area contributed by atoms with Crippen LogP contribution in [0.5, 0.6) is 0 Å². The molecular formula is C13H8BrClN2O3. The van der Waals surface area contributed by atoms with Gasteiger partial charge in [-0.3, -0.25) is 14.9 Å². The number of rotatable bonds is 3. The van der Waals surface area contributed by atoms with Crippen molar-refractivity contribution >= 4 is 44.8 Å². The number of anilines is 1. The Hall–Kier alpha value is -1.92. The van der Waals surface area contributed by atoms with E-state index in [1.165, 1.54) is 24.3 Å². The van der Waals surface area contributed by atoms with Gasteiger partial charge in [0.2, 0.25) is 0 Å². The van der Waals surface area contributed by atoms with Crippen LogP contribution in [0.4, 0.5) is 11.4 Å². The van der Waals surface area contributed by atoms with Crippen LogP contribution in [0.2, 0.25) is 5.02 Å². The number of nitrogens with zero attached hydrogens (tertiary/aromatic N) is 1. The van der Waals surface area contributed by atoms with Crippen LogP contribution < -0.4 is 5.32 Å². The van der Waals surface area contributed by atoms with E-state index in [0.29, 0.717) is 15.2 Å². The van der Waals surface area contributed by atoms with Crippen molar-refractivity contribution in [3.8, 4) is 0 Å². The molecule has 0 fully saturated rings. The lowest BCUT2D eigenvalue weighted by Gasteiger charge is -2.06. The molecule has 0 aliphatic carbocycles. The van der Waals surface area contributed by atoms with Gasteiger partial charge in [0.25, 0.3) is 11.6 Å². The largest absolute Gasteiger partial charge is 0.322 e. The number of benzene rings is 2. The molecule has 0 heterocycles. The predicted molar refractivity (Wildman–Crippen MR) is 80.2 cm³/mol. The van der Waals surface area contributed by atoms with E-state index in [9.17, 15) is 14.9 Å².